The normalized spacial score (nSPS) is 8.82. The summed E-state index contributed by atoms with van der Waals surface area (Å²) in [5, 5.41) is 0. The number of benzene rings is 1. The van der Waals surface area contributed by atoms with Gasteiger partial charge in [0.05, 0.1) is 13.7 Å². The number of carbonyl (C=O) groups is 1. The summed E-state index contributed by atoms with van der Waals surface area (Å²) in [7, 11) is 1.59. The molecule has 0 fully saturated rings. The molecule has 0 unspecified atom stereocenters. The van der Waals surface area contributed by atoms with Gasteiger partial charge in [0, 0.05) is 5.56 Å². The standard InChI is InChI=1S/C13H14O4/c1-3-16-13(14)17-9-5-7-11-6-4-8-12(10-11)15-2/h4,6,8,10H,3,9H2,1-2H3. The molecule has 0 amide bonds. The van der Waals surface area contributed by atoms with Crippen molar-refractivity contribution in [2.24, 2.45) is 0 Å². The van der Waals surface area contributed by atoms with Crippen molar-refractivity contribution in [2.75, 3.05) is 20.3 Å². The first kappa shape index (κ1) is 12.9. The van der Waals surface area contributed by atoms with Crippen molar-refractivity contribution in [2.45, 2.75) is 6.92 Å². The number of rotatable bonds is 3. The van der Waals surface area contributed by atoms with E-state index in [1.165, 1.54) is 0 Å². The minimum atomic E-state index is -0.701. The Morgan fingerprint density at radius 1 is 1.35 bits per heavy atom. The van der Waals surface area contributed by atoms with Gasteiger partial charge in [0.25, 0.3) is 0 Å². The van der Waals surface area contributed by atoms with E-state index in [-0.39, 0.29) is 6.61 Å². The summed E-state index contributed by atoms with van der Waals surface area (Å²) < 4.78 is 14.3. The first-order valence-electron chi connectivity index (χ1n) is 5.18. The predicted octanol–water partition coefficient (Wildman–Crippen LogP) is 2.22. The summed E-state index contributed by atoms with van der Waals surface area (Å²) in [6.07, 6.45) is -0.701. The van der Waals surface area contributed by atoms with E-state index in [1.807, 2.05) is 18.2 Å². The summed E-state index contributed by atoms with van der Waals surface area (Å²) in [6, 6.07) is 7.33. The van der Waals surface area contributed by atoms with Crippen molar-refractivity contribution < 1.29 is 19.0 Å². The van der Waals surface area contributed by atoms with Crippen LogP contribution in [0.25, 0.3) is 0 Å². The van der Waals surface area contributed by atoms with E-state index >= 15 is 0 Å². The van der Waals surface area contributed by atoms with Crippen LogP contribution in [0.5, 0.6) is 5.75 Å². The molecule has 0 radical (unpaired) electrons. The van der Waals surface area contributed by atoms with Gasteiger partial charge in [-0.15, -0.1) is 0 Å². The van der Waals surface area contributed by atoms with E-state index in [1.54, 1.807) is 20.1 Å². The van der Waals surface area contributed by atoms with Gasteiger partial charge in [-0.05, 0) is 25.1 Å². The van der Waals surface area contributed by atoms with Gasteiger partial charge in [-0.25, -0.2) is 4.79 Å². The van der Waals surface area contributed by atoms with E-state index in [0.29, 0.717) is 6.61 Å². The third kappa shape index (κ3) is 4.94. The second-order valence-corrected chi connectivity index (χ2v) is 3.01. The molecular formula is C13H14O4. The first-order chi connectivity index (χ1) is 8.26. The maximum Gasteiger partial charge on any atom is 0.509 e. The van der Waals surface area contributed by atoms with Crippen LogP contribution in [0.3, 0.4) is 0 Å². The summed E-state index contributed by atoms with van der Waals surface area (Å²) in [4.78, 5) is 10.8. The number of hydrogen-bond donors (Lipinski definition) is 0. The maximum absolute atomic E-state index is 10.8. The van der Waals surface area contributed by atoms with E-state index in [9.17, 15) is 4.79 Å². The SMILES string of the molecule is CCOC(=O)OCC#Cc1cccc(OC)c1. The molecule has 4 nitrogen and oxygen atoms in total. The van der Waals surface area contributed by atoms with E-state index in [0.717, 1.165) is 11.3 Å². The van der Waals surface area contributed by atoms with Crippen molar-refractivity contribution in [3.8, 4) is 17.6 Å². The van der Waals surface area contributed by atoms with Crippen molar-refractivity contribution >= 4 is 6.16 Å². The second kappa shape index (κ2) is 7.18. The van der Waals surface area contributed by atoms with Crippen molar-refractivity contribution in [1.82, 2.24) is 0 Å². The highest BCUT2D eigenvalue weighted by Crippen LogP contribution is 2.11. The minimum Gasteiger partial charge on any atom is -0.497 e. The molecule has 0 saturated heterocycles. The molecule has 0 atom stereocenters. The van der Waals surface area contributed by atoms with E-state index < -0.39 is 6.16 Å². The lowest BCUT2D eigenvalue weighted by atomic mass is 10.2. The van der Waals surface area contributed by atoms with Gasteiger partial charge in [-0.1, -0.05) is 17.9 Å². The first-order valence-corrected chi connectivity index (χ1v) is 5.18. The Morgan fingerprint density at radius 3 is 2.88 bits per heavy atom. The Bertz CT molecular complexity index is 429. The molecule has 90 valence electrons. The molecule has 0 N–H and O–H groups in total. The van der Waals surface area contributed by atoms with Crippen LogP contribution in [0.1, 0.15) is 12.5 Å². The summed E-state index contributed by atoms with van der Waals surface area (Å²) in [6.45, 7) is 2.02. The van der Waals surface area contributed by atoms with Gasteiger partial charge >= 0.3 is 6.16 Å². The lowest BCUT2D eigenvalue weighted by Crippen LogP contribution is -2.06. The monoisotopic (exact) mass is 234 g/mol. The lowest BCUT2D eigenvalue weighted by Gasteiger charge is -1.99. The molecule has 4 heteroatoms. The van der Waals surface area contributed by atoms with Gasteiger partial charge < -0.3 is 14.2 Å². The molecule has 0 aliphatic heterocycles. The van der Waals surface area contributed by atoms with Crippen LogP contribution in [0.4, 0.5) is 4.79 Å². The van der Waals surface area contributed by atoms with Crippen LogP contribution >= 0.6 is 0 Å². The van der Waals surface area contributed by atoms with Gasteiger partial charge in [0.2, 0.25) is 0 Å². The third-order valence-corrected chi connectivity index (χ3v) is 1.83. The van der Waals surface area contributed by atoms with Crippen LogP contribution < -0.4 is 4.74 Å². The molecule has 1 aromatic carbocycles. The minimum absolute atomic E-state index is 0.00996. The molecule has 17 heavy (non-hydrogen) atoms. The zero-order valence-corrected chi connectivity index (χ0v) is 9.86. The van der Waals surface area contributed by atoms with Crippen LogP contribution in [-0.4, -0.2) is 26.5 Å². The fourth-order valence-corrected chi connectivity index (χ4v) is 1.09. The molecule has 0 heterocycles. The van der Waals surface area contributed by atoms with Gasteiger partial charge in [0.1, 0.15) is 5.75 Å². The predicted molar refractivity (Wildman–Crippen MR) is 62.8 cm³/mol. The zero-order valence-electron chi connectivity index (χ0n) is 9.86. The smallest absolute Gasteiger partial charge is 0.497 e. The Morgan fingerprint density at radius 2 is 2.18 bits per heavy atom. The number of carbonyl (C=O) groups excluding carboxylic acids is 1. The molecule has 0 saturated carbocycles. The van der Waals surface area contributed by atoms with Crippen LogP contribution in [0.15, 0.2) is 24.3 Å². The molecule has 1 aromatic rings. The Balaban J connectivity index is 2.45. The second-order valence-electron chi connectivity index (χ2n) is 3.01. The third-order valence-electron chi connectivity index (χ3n) is 1.83. The van der Waals surface area contributed by atoms with E-state index in [4.69, 9.17) is 9.47 Å². The van der Waals surface area contributed by atoms with Gasteiger partial charge in [-0.3, -0.25) is 0 Å². The fourth-order valence-electron chi connectivity index (χ4n) is 1.09. The fraction of sp³-hybridized carbons (Fsp3) is 0.308. The quantitative estimate of drug-likeness (QED) is 0.594. The largest absolute Gasteiger partial charge is 0.509 e. The topological polar surface area (TPSA) is 44.8 Å². The summed E-state index contributed by atoms with van der Waals surface area (Å²) >= 11 is 0. The summed E-state index contributed by atoms with van der Waals surface area (Å²) in [5.41, 5.74) is 0.803. The molecule has 0 aliphatic rings. The van der Waals surface area contributed by atoms with E-state index in [2.05, 4.69) is 16.6 Å². The maximum atomic E-state index is 10.8. The molecule has 1 rings (SSSR count). The highest BCUT2D eigenvalue weighted by Gasteiger charge is 1.98. The Labute approximate surface area is 100 Å². The molecular weight excluding hydrogens is 220 g/mol. The highest BCUT2D eigenvalue weighted by molar-refractivity contribution is 5.60. The van der Waals surface area contributed by atoms with Gasteiger partial charge in [-0.2, -0.15) is 0 Å². The molecule has 0 bridgehead atoms. The number of ether oxygens (including phenoxy) is 3. The molecule has 0 aromatic heterocycles. The summed E-state index contributed by atoms with van der Waals surface area (Å²) in [5.74, 6) is 6.31. The Hall–Kier alpha value is -2.15. The van der Waals surface area contributed by atoms with Crippen LogP contribution in [-0.2, 0) is 9.47 Å². The van der Waals surface area contributed by atoms with Crippen LogP contribution in [0, 0.1) is 11.8 Å². The van der Waals surface area contributed by atoms with Crippen LogP contribution in [0.2, 0.25) is 0 Å². The van der Waals surface area contributed by atoms with Crippen molar-refractivity contribution in [3.05, 3.63) is 29.8 Å². The number of methoxy groups -OCH3 is 1. The average molecular weight is 234 g/mol. The Kier molecular flexibility index (Phi) is 5.45. The average Bonchev–Trinajstić information content (AvgIpc) is 2.35. The highest BCUT2D eigenvalue weighted by atomic mass is 16.7. The molecule has 0 aliphatic carbocycles. The number of hydrogen-bond acceptors (Lipinski definition) is 4. The zero-order chi connectivity index (χ0) is 12.5. The van der Waals surface area contributed by atoms with Crippen molar-refractivity contribution in [3.63, 3.8) is 0 Å². The molecule has 0 spiro atoms. The van der Waals surface area contributed by atoms with Crippen molar-refractivity contribution in [1.29, 1.82) is 0 Å². The van der Waals surface area contributed by atoms with Gasteiger partial charge in [0.15, 0.2) is 6.61 Å². The lowest BCUT2D eigenvalue weighted by molar-refractivity contribution is 0.0687.